The molecule has 0 aromatic heterocycles. The first-order valence-electron chi connectivity index (χ1n) is 5.73. The monoisotopic (exact) mass is 205 g/mol. The minimum Gasteiger partial charge on any atom is -0.0774 e. The van der Waals surface area contributed by atoms with Crippen LogP contribution in [-0.2, 0) is 5.41 Å². The Hall–Kier alpha value is -1.50. The molecule has 0 fully saturated rings. The van der Waals surface area contributed by atoms with E-state index in [-0.39, 0.29) is 5.41 Å². The normalized spacial score (nSPS) is 15.9. The molecule has 0 aliphatic carbocycles. The lowest BCUT2D eigenvalue weighted by molar-refractivity contribution is 0.646. The number of hydrogen-bond acceptors (Lipinski definition) is 0. The van der Waals surface area contributed by atoms with E-state index in [4.69, 9.17) is 0 Å². The van der Waals surface area contributed by atoms with Gasteiger partial charge in [-0.2, -0.15) is 0 Å². The summed E-state index contributed by atoms with van der Waals surface area (Å²) in [5.74, 6) is 0. The second kappa shape index (κ2) is 3.25. The van der Waals surface area contributed by atoms with E-state index in [1.807, 2.05) is 0 Å². The van der Waals surface area contributed by atoms with Crippen LogP contribution in [-0.4, -0.2) is 7.28 Å². The van der Waals surface area contributed by atoms with Crippen molar-refractivity contribution in [1.82, 2.24) is 0 Å². The fourth-order valence-corrected chi connectivity index (χ4v) is 2.70. The Bertz CT molecular complexity index is 493. The zero-order valence-electron chi connectivity index (χ0n) is 9.70. The molecule has 0 N–H and O–H groups in total. The highest BCUT2D eigenvalue weighted by atomic mass is 14.3. The predicted molar refractivity (Wildman–Crippen MR) is 70.0 cm³/mol. The molecular formula is C15H14B. The molecule has 0 saturated carbocycles. The summed E-state index contributed by atoms with van der Waals surface area (Å²) < 4.78 is 0. The molecule has 0 spiro atoms. The third kappa shape index (κ3) is 1.24. The van der Waals surface area contributed by atoms with Crippen LogP contribution in [0.4, 0.5) is 0 Å². The van der Waals surface area contributed by atoms with Crippen molar-refractivity contribution in [3.8, 4) is 0 Å². The van der Waals surface area contributed by atoms with Crippen LogP contribution in [0.2, 0.25) is 0 Å². The molecule has 0 amide bonds. The minimum atomic E-state index is 0.113. The first-order valence-corrected chi connectivity index (χ1v) is 5.73. The van der Waals surface area contributed by atoms with E-state index in [1.165, 1.54) is 22.1 Å². The topological polar surface area (TPSA) is 0 Å². The number of hydrogen-bond donors (Lipinski definition) is 0. The average Bonchev–Trinajstić information content (AvgIpc) is 2.29. The molecule has 3 rings (SSSR count). The molecule has 0 unspecified atom stereocenters. The highest BCUT2D eigenvalue weighted by molar-refractivity contribution is 6.69. The van der Waals surface area contributed by atoms with Gasteiger partial charge in [0.25, 0.3) is 0 Å². The summed E-state index contributed by atoms with van der Waals surface area (Å²) in [6.45, 7) is 4.61. The van der Waals surface area contributed by atoms with Crippen LogP contribution >= 0.6 is 0 Å². The predicted octanol–water partition coefficient (Wildman–Crippen LogP) is 1.98. The third-order valence-electron chi connectivity index (χ3n) is 3.58. The molecule has 0 nitrogen and oxygen atoms in total. The van der Waals surface area contributed by atoms with E-state index < -0.39 is 0 Å². The summed E-state index contributed by atoms with van der Waals surface area (Å²) in [6.07, 6.45) is 0. The first kappa shape index (κ1) is 9.71. The van der Waals surface area contributed by atoms with Crippen molar-refractivity contribution in [3.05, 3.63) is 59.7 Å². The molecule has 1 aliphatic rings. The van der Waals surface area contributed by atoms with Gasteiger partial charge in [-0.15, -0.1) is 0 Å². The van der Waals surface area contributed by atoms with Crippen LogP contribution in [0.25, 0.3) is 0 Å². The van der Waals surface area contributed by atoms with Crippen LogP contribution in [0, 0.1) is 0 Å². The zero-order valence-corrected chi connectivity index (χ0v) is 9.70. The average molecular weight is 205 g/mol. The molecule has 77 valence electrons. The van der Waals surface area contributed by atoms with Gasteiger partial charge < -0.3 is 0 Å². The third-order valence-corrected chi connectivity index (χ3v) is 3.58. The van der Waals surface area contributed by atoms with Gasteiger partial charge in [0.2, 0.25) is 0 Å². The summed E-state index contributed by atoms with van der Waals surface area (Å²) in [5.41, 5.74) is 5.67. The Balaban J connectivity index is 2.28. The molecule has 16 heavy (non-hydrogen) atoms. The Morgan fingerprint density at radius 2 is 1.19 bits per heavy atom. The Kier molecular flexibility index (Phi) is 1.97. The number of benzene rings is 2. The van der Waals surface area contributed by atoms with Crippen LogP contribution < -0.4 is 10.9 Å². The quantitative estimate of drug-likeness (QED) is 0.577. The molecule has 1 heteroatoms. The van der Waals surface area contributed by atoms with E-state index >= 15 is 0 Å². The molecule has 0 bridgehead atoms. The summed E-state index contributed by atoms with van der Waals surface area (Å²) in [6, 6.07) is 17.4. The van der Waals surface area contributed by atoms with Crippen LogP contribution in [0.15, 0.2) is 48.5 Å². The van der Waals surface area contributed by atoms with Crippen LogP contribution in [0.1, 0.15) is 25.0 Å². The highest BCUT2D eigenvalue weighted by Crippen LogP contribution is 2.31. The first-order chi connectivity index (χ1) is 7.69. The summed E-state index contributed by atoms with van der Waals surface area (Å²) in [4.78, 5) is 0. The zero-order chi connectivity index (χ0) is 11.2. The molecule has 1 radical (unpaired) electrons. The summed E-state index contributed by atoms with van der Waals surface area (Å²) >= 11 is 0. The van der Waals surface area contributed by atoms with Crippen molar-refractivity contribution in [3.63, 3.8) is 0 Å². The number of rotatable bonds is 0. The largest absolute Gasteiger partial charge is 0.192 e. The molecule has 0 saturated heterocycles. The minimum absolute atomic E-state index is 0.113. The smallest absolute Gasteiger partial charge is 0.0774 e. The highest BCUT2D eigenvalue weighted by Gasteiger charge is 2.31. The second-order valence-electron chi connectivity index (χ2n) is 4.94. The van der Waals surface area contributed by atoms with E-state index in [2.05, 4.69) is 69.7 Å². The van der Waals surface area contributed by atoms with E-state index in [0.29, 0.717) is 0 Å². The molecule has 1 heterocycles. The second-order valence-corrected chi connectivity index (χ2v) is 4.94. The summed E-state index contributed by atoms with van der Waals surface area (Å²) in [7, 11) is 2.29. The Morgan fingerprint density at radius 3 is 1.69 bits per heavy atom. The van der Waals surface area contributed by atoms with Gasteiger partial charge >= 0.3 is 0 Å². The van der Waals surface area contributed by atoms with Gasteiger partial charge in [0.05, 0.1) is 0 Å². The molecule has 0 atom stereocenters. The Morgan fingerprint density at radius 1 is 0.750 bits per heavy atom. The summed E-state index contributed by atoms with van der Waals surface area (Å²) in [5, 5.41) is 0. The van der Waals surface area contributed by atoms with Crippen molar-refractivity contribution in [1.29, 1.82) is 0 Å². The van der Waals surface area contributed by atoms with Crippen molar-refractivity contribution in [2.75, 3.05) is 0 Å². The van der Waals surface area contributed by atoms with Gasteiger partial charge in [-0.3, -0.25) is 0 Å². The molecule has 1 aliphatic heterocycles. The van der Waals surface area contributed by atoms with Crippen molar-refractivity contribution in [2.24, 2.45) is 0 Å². The van der Waals surface area contributed by atoms with Gasteiger partial charge in [-0.1, -0.05) is 73.3 Å². The van der Waals surface area contributed by atoms with Gasteiger partial charge in [0.15, 0.2) is 7.28 Å². The van der Waals surface area contributed by atoms with Gasteiger partial charge in [-0.05, 0) is 11.1 Å². The molecular weight excluding hydrogens is 191 g/mol. The lowest BCUT2D eigenvalue weighted by atomic mass is 9.51. The fourth-order valence-electron chi connectivity index (χ4n) is 2.70. The van der Waals surface area contributed by atoms with Crippen molar-refractivity contribution >= 4 is 18.2 Å². The van der Waals surface area contributed by atoms with Gasteiger partial charge in [0.1, 0.15) is 0 Å². The maximum atomic E-state index is 2.30. The number of fused-ring (bicyclic) bond motifs is 2. The van der Waals surface area contributed by atoms with E-state index in [9.17, 15) is 0 Å². The van der Waals surface area contributed by atoms with E-state index in [0.717, 1.165) is 0 Å². The molecule has 2 aromatic carbocycles. The van der Waals surface area contributed by atoms with Gasteiger partial charge in [-0.25, -0.2) is 0 Å². The van der Waals surface area contributed by atoms with E-state index in [1.54, 1.807) is 0 Å². The fraction of sp³-hybridized carbons (Fsp3) is 0.200. The maximum absolute atomic E-state index is 2.30. The maximum Gasteiger partial charge on any atom is 0.192 e. The standard InChI is InChI=1S/C15H14B/c1-15(2)11-7-3-5-9-13(11)16-14-10-6-4-8-12(14)15/h3-10H,1-2H3. The SMILES string of the molecule is CC1(C)c2ccccc2[B]c2ccccc21. The molecule has 2 aromatic rings. The van der Waals surface area contributed by atoms with Crippen LogP contribution in [0.3, 0.4) is 0 Å². The van der Waals surface area contributed by atoms with Crippen molar-refractivity contribution in [2.45, 2.75) is 19.3 Å². The lowest BCUT2D eigenvalue weighted by Crippen LogP contribution is -2.45. The lowest BCUT2D eigenvalue weighted by Gasteiger charge is -2.35. The van der Waals surface area contributed by atoms with Crippen LogP contribution in [0.5, 0.6) is 0 Å². The van der Waals surface area contributed by atoms with Crippen molar-refractivity contribution < 1.29 is 0 Å². The van der Waals surface area contributed by atoms with Gasteiger partial charge in [0, 0.05) is 5.41 Å². The Labute approximate surface area is 97.6 Å².